The zero-order valence-electron chi connectivity index (χ0n) is 10.8. The Labute approximate surface area is 115 Å². The molecule has 0 amide bonds. The summed E-state index contributed by atoms with van der Waals surface area (Å²) in [5.74, 6) is -0.572. The van der Waals surface area contributed by atoms with Gasteiger partial charge in [-0.25, -0.2) is 22.6 Å². The number of anilines is 1. The van der Waals surface area contributed by atoms with E-state index in [1.165, 1.54) is 13.0 Å². The summed E-state index contributed by atoms with van der Waals surface area (Å²) in [7, 11) is -3.87. The van der Waals surface area contributed by atoms with Crippen LogP contribution in [0.25, 0.3) is 0 Å². The molecule has 0 saturated carbocycles. The molecule has 0 saturated heterocycles. The third-order valence-corrected chi connectivity index (χ3v) is 3.90. The van der Waals surface area contributed by atoms with Crippen LogP contribution in [0.4, 0.5) is 10.3 Å². The summed E-state index contributed by atoms with van der Waals surface area (Å²) in [6.45, 7) is 3.62. The van der Waals surface area contributed by atoms with E-state index in [-0.39, 0.29) is 16.9 Å². The molecular formula is C11H13FN4O3S. The maximum Gasteiger partial charge on any atom is 0.337 e. The lowest BCUT2D eigenvalue weighted by molar-refractivity contribution is 0.314. The lowest BCUT2D eigenvalue weighted by Crippen LogP contribution is -2.15. The van der Waals surface area contributed by atoms with Gasteiger partial charge in [0.1, 0.15) is 5.82 Å². The summed E-state index contributed by atoms with van der Waals surface area (Å²) in [4.78, 5) is 3.77. The van der Waals surface area contributed by atoms with Gasteiger partial charge >= 0.3 is 6.01 Å². The molecule has 7 nitrogen and oxygen atoms in total. The predicted molar refractivity (Wildman–Crippen MR) is 69.5 cm³/mol. The molecule has 2 rings (SSSR count). The molecule has 0 aliphatic carbocycles. The van der Waals surface area contributed by atoms with E-state index in [9.17, 15) is 12.8 Å². The van der Waals surface area contributed by atoms with Crippen LogP contribution in [-0.2, 0) is 10.0 Å². The number of halogens is 1. The smallest absolute Gasteiger partial charge is 0.337 e. The van der Waals surface area contributed by atoms with Gasteiger partial charge in [0.2, 0.25) is 5.95 Å². The Morgan fingerprint density at radius 1 is 1.45 bits per heavy atom. The first-order valence-corrected chi connectivity index (χ1v) is 7.25. The van der Waals surface area contributed by atoms with Crippen molar-refractivity contribution in [2.24, 2.45) is 0 Å². The van der Waals surface area contributed by atoms with E-state index in [0.717, 1.165) is 12.1 Å². The number of ether oxygens (including phenoxy) is 1. The number of hydrogen-bond acceptors (Lipinski definition) is 5. The molecule has 0 atom stereocenters. The Hall–Kier alpha value is -2.16. The van der Waals surface area contributed by atoms with Crippen LogP contribution in [0.3, 0.4) is 0 Å². The zero-order valence-corrected chi connectivity index (χ0v) is 11.7. The molecule has 20 heavy (non-hydrogen) atoms. The third kappa shape index (κ3) is 3.05. The molecule has 0 bridgehead atoms. The molecule has 1 heterocycles. The topological polar surface area (TPSA) is 97.0 Å². The van der Waals surface area contributed by atoms with Crippen LogP contribution in [0.5, 0.6) is 6.01 Å². The molecule has 1 aromatic carbocycles. The first kappa shape index (κ1) is 14.3. The molecule has 2 N–H and O–H groups in total. The van der Waals surface area contributed by atoms with Crippen LogP contribution >= 0.6 is 0 Å². The predicted octanol–water partition coefficient (Wildman–Crippen LogP) is 1.45. The number of aromatic amines is 1. The SMILES string of the molecule is CCOc1n[nH]c(NS(=O)(=O)c2ccc(F)cc2C)n1. The first-order valence-electron chi connectivity index (χ1n) is 5.76. The standard InChI is InChI=1S/C11H13FN4O3S/c1-3-19-11-13-10(14-15-11)16-20(17,18)9-5-4-8(12)6-7(9)2/h4-6H,3H2,1-2H3,(H2,13,14,15,16). The Morgan fingerprint density at radius 2 is 2.20 bits per heavy atom. The van der Waals surface area contributed by atoms with Crippen LogP contribution < -0.4 is 9.46 Å². The van der Waals surface area contributed by atoms with Crippen molar-refractivity contribution in [2.75, 3.05) is 11.3 Å². The molecule has 1 aromatic heterocycles. The highest BCUT2D eigenvalue weighted by Gasteiger charge is 2.19. The van der Waals surface area contributed by atoms with Crippen molar-refractivity contribution in [1.82, 2.24) is 15.2 Å². The highest BCUT2D eigenvalue weighted by molar-refractivity contribution is 7.92. The number of nitrogens with one attached hydrogen (secondary N) is 2. The summed E-state index contributed by atoms with van der Waals surface area (Å²) in [5.41, 5.74) is 0.294. The summed E-state index contributed by atoms with van der Waals surface area (Å²) in [5, 5.41) is 6.07. The zero-order chi connectivity index (χ0) is 14.8. The fraction of sp³-hybridized carbons (Fsp3) is 0.273. The van der Waals surface area contributed by atoms with Gasteiger partial charge in [0, 0.05) is 0 Å². The van der Waals surface area contributed by atoms with E-state index in [0.29, 0.717) is 12.2 Å². The van der Waals surface area contributed by atoms with Crippen molar-refractivity contribution < 1.29 is 17.5 Å². The normalized spacial score (nSPS) is 11.3. The van der Waals surface area contributed by atoms with Crippen molar-refractivity contribution in [3.63, 3.8) is 0 Å². The van der Waals surface area contributed by atoms with E-state index in [4.69, 9.17) is 4.74 Å². The van der Waals surface area contributed by atoms with Crippen molar-refractivity contribution in [1.29, 1.82) is 0 Å². The Balaban J connectivity index is 2.26. The third-order valence-electron chi connectivity index (χ3n) is 2.40. The average molecular weight is 300 g/mol. The van der Waals surface area contributed by atoms with Gasteiger partial charge in [-0.2, -0.15) is 4.98 Å². The van der Waals surface area contributed by atoms with E-state index in [1.807, 2.05) is 0 Å². The number of aryl methyl sites for hydroxylation is 1. The highest BCUT2D eigenvalue weighted by atomic mass is 32.2. The van der Waals surface area contributed by atoms with Gasteiger partial charge in [-0.1, -0.05) is 0 Å². The van der Waals surface area contributed by atoms with Gasteiger partial charge in [-0.05, 0) is 37.6 Å². The summed E-state index contributed by atoms with van der Waals surface area (Å²) in [6, 6.07) is 3.45. The number of nitrogens with zero attached hydrogens (tertiary/aromatic N) is 2. The first-order chi connectivity index (χ1) is 9.42. The number of hydrogen-bond donors (Lipinski definition) is 2. The van der Waals surface area contributed by atoms with Gasteiger partial charge in [-0.15, -0.1) is 5.10 Å². The molecule has 0 unspecified atom stereocenters. The van der Waals surface area contributed by atoms with Crippen LogP contribution in [-0.4, -0.2) is 30.2 Å². The summed E-state index contributed by atoms with van der Waals surface area (Å²) < 4.78 is 44.5. The fourth-order valence-electron chi connectivity index (χ4n) is 1.58. The highest BCUT2D eigenvalue weighted by Crippen LogP contribution is 2.19. The monoisotopic (exact) mass is 300 g/mol. The molecule has 2 aromatic rings. The van der Waals surface area contributed by atoms with Gasteiger partial charge in [0.25, 0.3) is 10.0 Å². The second-order valence-corrected chi connectivity index (χ2v) is 5.57. The minimum Gasteiger partial charge on any atom is -0.463 e. The van der Waals surface area contributed by atoms with Crippen molar-refractivity contribution >= 4 is 16.0 Å². The van der Waals surface area contributed by atoms with Crippen LogP contribution in [0.15, 0.2) is 23.1 Å². The van der Waals surface area contributed by atoms with E-state index < -0.39 is 15.8 Å². The van der Waals surface area contributed by atoms with E-state index in [2.05, 4.69) is 19.9 Å². The number of aromatic nitrogens is 3. The van der Waals surface area contributed by atoms with Crippen molar-refractivity contribution in [2.45, 2.75) is 18.7 Å². The van der Waals surface area contributed by atoms with Gasteiger partial charge < -0.3 is 4.74 Å². The molecule has 9 heteroatoms. The number of sulfonamides is 1. The van der Waals surface area contributed by atoms with Crippen molar-refractivity contribution in [3.05, 3.63) is 29.6 Å². The van der Waals surface area contributed by atoms with E-state index >= 15 is 0 Å². The lowest BCUT2D eigenvalue weighted by atomic mass is 10.2. The van der Waals surface area contributed by atoms with Gasteiger partial charge in [0.05, 0.1) is 11.5 Å². The van der Waals surface area contributed by atoms with Crippen molar-refractivity contribution in [3.8, 4) is 6.01 Å². The molecule has 0 spiro atoms. The van der Waals surface area contributed by atoms with Crippen LogP contribution in [0, 0.1) is 12.7 Å². The number of benzene rings is 1. The largest absolute Gasteiger partial charge is 0.463 e. The quantitative estimate of drug-likeness (QED) is 0.871. The van der Waals surface area contributed by atoms with Gasteiger partial charge in [-0.3, -0.25) is 0 Å². The fourth-order valence-corrected chi connectivity index (χ4v) is 2.77. The minimum absolute atomic E-state index is 0.0340. The van der Waals surface area contributed by atoms with Crippen LogP contribution in [0.1, 0.15) is 12.5 Å². The molecule has 108 valence electrons. The molecule has 0 fully saturated rings. The summed E-state index contributed by atoms with van der Waals surface area (Å²) in [6.07, 6.45) is 0. The Morgan fingerprint density at radius 3 is 2.85 bits per heavy atom. The molecule has 0 aliphatic rings. The molecular weight excluding hydrogens is 287 g/mol. The average Bonchev–Trinajstić information content (AvgIpc) is 2.75. The van der Waals surface area contributed by atoms with E-state index in [1.54, 1.807) is 6.92 Å². The van der Waals surface area contributed by atoms with Crippen LogP contribution in [0.2, 0.25) is 0 Å². The maximum atomic E-state index is 13.0. The minimum atomic E-state index is -3.87. The number of rotatable bonds is 5. The Kier molecular flexibility index (Phi) is 3.89. The number of H-pyrrole nitrogens is 1. The summed E-state index contributed by atoms with van der Waals surface area (Å²) >= 11 is 0. The molecule has 0 radical (unpaired) electrons. The molecule has 0 aliphatic heterocycles. The second kappa shape index (κ2) is 5.45. The van der Waals surface area contributed by atoms with Gasteiger partial charge in [0.15, 0.2) is 0 Å². The lowest BCUT2D eigenvalue weighted by Gasteiger charge is -2.07. The second-order valence-electron chi connectivity index (χ2n) is 3.91. The Bertz CT molecular complexity index is 714. The maximum absolute atomic E-state index is 13.0.